The summed E-state index contributed by atoms with van der Waals surface area (Å²) in [5.74, 6) is -0.482. The van der Waals surface area contributed by atoms with Crippen molar-refractivity contribution >= 4 is 11.9 Å². The lowest BCUT2D eigenvalue weighted by atomic mass is 9.92. The average molecular weight is 355 g/mol. The summed E-state index contributed by atoms with van der Waals surface area (Å²) in [6.07, 6.45) is 1.30. The van der Waals surface area contributed by atoms with Gasteiger partial charge in [-0.25, -0.2) is 4.79 Å². The van der Waals surface area contributed by atoms with Gasteiger partial charge in [-0.2, -0.15) is 0 Å². The van der Waals surface area contributed by atoms with Crippen LogP contribution in [0.25, 0.3) is 0 Å². The highest BCUT2D eigenvalue weighted by Gasteiger charge is 2.22. The number of rotatable bonds is 9. The highest BCUT2D eigenvalue weighted by molar-refractivity contribution is 5.84. The number of carboxylic acids is 1. The van der Waals surface area contributed by atoms with E-state index in [1.165, 1.54) is 0 Å². The van der Waals surface area contributed by atoms with Crippen LogP contribution in [-0.2, 0) is 16.0 Å². The Morgan fingerprint density at radius 2 is 1.73 bits per heavy atom. The van der Waals surface area contributed by atoms with Gasteiger partial charge in [-0.1, -0.05) is 49.4 Å². The first kappa shape index (κ1) is 19.5. The minimum atomic E-state index is -1.03. The van der Waals surface area contributed by atoms with Crippen LogP contribution in [0.4, 0.5) is 0 Å². The van der Waals surface area contributed by atoms with Crippen LogP contribution in [0.1, 0.15) is 36.8 Å². The zero-order chi connectivity index (χ0) is 18.9. The normalized spacial score (nSPS) is 12.8. The topological polar surface area (TPSA) is 75.6 Å². The average Bonchev–Trinajstić information content (AvgIpc) is 2.66. The molecule has 2 aromatic carbocycles. The highest BCUT2D eigenvalue weighted by atomic mass is 16.5. The van der Waals surface area contributed by atoms with Gasteiger partial charge in [0.1, 0.15) is 11.8 Å². The van der Waals surface area contributed by atoms with E-state index in [-0.39, 0.29) is 24.7 Å². The Balaban J connectivity index is 1.99. The van der Waals surface area contributed by atoms with Gasteiger partial charge in [-0.05, 0) is 35.6 Å². The van der Waals surface area contributed by atoms with Crippen molar-refractivity contribution < 1.29 is 19.4 Å². The van der Waals surface area contributed by atoms with Crippen molar-refractivity contribution in [2.45, 2.75) is 38.1 Å². The molecule has 0 aliphatic heterocycles. The summed E-state index contributed by atoms with van der Waals surface area (Å²) < 4.78 is 5.15. The Labute approximate surface area is 154 Å². The van der Waals surface area contributed by atoms with E-state index in [0.29, 0.717) is 0 Å². The van der Waals surface area contributed by atoms with Crippen molar-refractivity contribution in [2.75, 3.05) is 7.11 Å². The van der Waals surface area contributed by atoms with E-state index in [4.69, 9.17) is 4.74 Å². The number of carbonyl (C=O) groups is 2. The lowest BCUT2D eigenvalue weighted by Crippen LogP contribution is -2.42. The molecule has 5 heteroatoms. The third-order valence-electron chi connectivity index (χ3n) is 4.43. The number of methoxy groups -OCH3 is 1. The van der Waals surface area contributed by atoms with Crippen molar-refractivity contribution in [3.63, 3.8) is 0 Å². The minimum Gasteiger partial charge on any atom is -0.497 e. The van der Waals surface area contributed by atoms with Crippen molar-refractivity contribution in [1.82, 2.24) is 5.32 Å². The Bertz CT molecular complexity index is 713. The van der Waals surface area contributed by atoms with Gasteiger partial charge in [0.25, 0.3) is 0 Å². The van der Waals surface area contributed by atoms with Gasteiger partial charge in [0, 0.05) is 12.8 Å². The van der Waals surface area contributed by atoms with Gasteiger partial charge < -0.3 is 15.2 Å². The molecule has 138 valence electrons. The second kappa shape index (κ2) is 9.61. The molecule has 0 saturated carbocycles. The Hall–Kier alpha value is -2.82. The Morgan fingerprint density at radius 1 is 1.08 bits per heavy atom. The third kappa shape index (κ3) is 5.62. The largest absolute Gasteiger partial charge is 0.497 e. The summed E-state index contributed by atoms with van der Waals surface area (Å²) in [5, 5.41) is 12.1. The molecule has 1 unspecified atom stereocenters. The number of carboxylic acid groups (broad SMARTS) is 1. The van der Waals surface area contributed by atoms with Crippen molar-refractivity contribution in [1.29, 1.82) is 0 Å². The maximum Gasteiger partial charge on any atom is 0.326 e. The molecule has 1 amide bonds. The first-order valence-electron chi connectivity index (χ1n) is 8.73. The Morgan fingerprint density at radius 3 is 2.27 bits per heavy atom. The lowest BCUT2D eigenvalue weighted by molar-refractivity contribution is -0.141. The standard InChI is InChI=1S/C21H25NO4/c1-3-16(17-9-11-18(26-2)12-10-17)14-20(23)22-19(21(24)25)13-15-7-5-4-6-8-15/h4-12,16,19H,3,13-14H2,1-2H3,(H,22,23)(H,24,25)/t16?,19-/m0/s1. The molecule has 0 aliphatic rings. The molecule has 0 fully saturated rings. The minimum absolute atomic E-state index is 0.0343. The molecule has 0 aliphatic carbocycles. The van der Waals surface area contributed by atoms with Gasteiger partial charge >= 0.3 is 5.97 Å². The molecule has 2 rings (SSSR count). The zero-order valence-corrected chi connectivity index (χ0v) is 15.1. The van der Waals surface area contributed by atoms with Crippen molar-refractivity contribution in [3.05, 3.63) is 65.7 Å². The van der Waals surface area contributed by atoms with E-state index in [2.05, 4.69) is 5.32 Å². The van der Waals surface area contributed by atoms with Gasteiger partial charge in [0.15, 0.2) is 0 Å². The Kier molecular flexibility index (Phi) is 7.21. The van der Waals surface area contributed by atoms with Gasteiger partial charge in [0.2, 0.25) is 5.91 Å². The molecule has 2 aromatic rings. The van der Waals surface area contributed by atoms with Crippen LogP contribution in [0.5, 0.6) is 5.75 Å². The van der Waals surface area contributed by atoms with E-state index >= 15 is 0 Å². The SMILES string of the molecule is CCC(CC(=O)N[C@@H](Cc1ccccc1)C(=O)O)c1ccc(OC)cc1. The summed E-state index contributed by atoms with van der Waals surface area (Å²) in [7, 11) is 1.61. The van der Waals surface area contributed by atoms with E-state index in [1.54, 1.807) is 7.11 Å². The summed E-state index contributed by atoms with van der Waals surface area (Å²) in [5.41, 5.74) is 1.92. The zero-order valence-electron chi connectivity index (χ0n) is 15.1. The third-order valence-corrected chi connectivity index (χ3v) is 4.43. The molecule has 0 saturated heterocycles. The second-order valence-electron chi connectivity index (χ2n) is 6.23. The summed E-state index contributed by atoms with van der Waals surface area (Å²) in [6.45, 7) is 2.01. The quantitative estimate of drug-likeness (QED) is 0.723. The lowest BCUT2D eigenvalue weighted by Gasteiger charge is -2.19. The van der Waals surface area contributed by atoms with Crippen LogP contribution < -0.4 is 10.1 Å². The summed E-state index contributed by atoms with van der Waals surface area (Å²) in [4.78, 5) is 23.9. The molecule has 2 N–H and O–H groups in total. The molecular weight excluding hydrogens is 330 g/mol. The predicted octanol–water partition coefficient (Wildman–Crippen LogP) is 3.39. The van der Waals surface area contributed by atoms with Crippen molar-refractivity contribution in [2.24, 2.45) is 0 Å². The molecule has 5 nitrogen and oxygen atoms in total. The second-order valence-corrected chi connectivity index (χ2v) is 6.23. The maximum absolute atomic E-state index is 12.4. The van der Waals surface area contributed by atoms with E-state index in [9.17, 15) is 14.7 Å². The molecule has 26 heavy (non-hydrogen) atoms. The highest BCUT2D eigenvalue weighted by Crippen LogP contribution is 2.25. The molecule has 0 aromatic heterocycles. The fraction of sp³-hybridized carbons (Fsp3) is 0.333. The number of benzene rings is 2. The molecule has 2 atom stereocenters. The molecule has 0 spiro atoms. The number of aliphatic carboxylic acids is 1. The van der Waals surface area contributed by atoms with Crippen LogP contribution in [0.15, 0.2) is 54.6 Å². The summed E-state index contributed by atoms with van der Waals surface area (Å²) >= 11 is 0. The smallest absolute Gasteiger partial charge is 0.326 e. The van der Waals surface area contributed by atoms with Crippen LogP contribution >= 0.6 is 0 Å². The number of nitrogens with one attached hydrogen (secondary N) is 1. The van der Waals surface area contributed by atoms with Crippen molar-refractivity contribution in [3.8, 4) is 5.75 Å². The van der Waals surface area contributed by atoms with E-state index < -0.39 is 12.0 Å². The number of carbonyl (C=O) groups excluding carboxylic acids is 1. The number of amides is 1. The number of hydrogen-bond donors (Lipinski definition) is 2. The van der Waals surface area contributed by atoms with Crippen LogP contribution in [0.2, 0.25) is 0 Å². The van der Waals surface area contributed by atoms with Gasteiger partial charge in [-0.3, -0.25) is 4.79 Å². The van der Waals surface area contributed by atoms with E-state index in [0.717, 1.165) is 23.3 Å². The molecular formula is C21H25NO4. The monoisotopic (exact) mass is 355 g/mol. The van der Waals surface area contributed by atoms with Crippen LogP contribution in [0, 0.1) is 0 Å². The van der Waals surface area contributed by atoms with Crippen LogP contribution in [-0.4, -0.2) is 30.1 Å². The summed E-state index contributed by atoms with van der Waals surface area (Å²) in [6, 6.07) is 16.0. The van der Waals surface area contributed by atoms with Crippen LogP contribution in [0.3, 0.4) is 0 Å². The van der Waals surface area contributed by atoms with Gasteiger partial charge in [0.05, 0.1) is 7.11 Å². The van der Waals surface area contributed by atoms with E-state index in [1.807, 2.05) is 61.5 Å². The molecule has 0 heterocycles. The molecule has 0 bridgehead atoms. The van der Waals surface area contributed by atoms with Gasteiger partial charge in [-0.15, -0.1) is 0 Å². The first-order valence-corrected chi connectivity index (χ1v) is 8.73. The number of hydrogen-bond acceptors (Lipinski definition) is 3. The maximum atomic E-state index is 12.4. The molecule has 0 radical (unpaired) electrons. The number of ether oxygens (including phenoxy) is 1. The fourth-order valence-electron chi connectivity index (χ4n) is 2.90. The fourth-order valence-corrected chi connectivity index (χ4v) is 2.90. The first-order chi connectivity index (χ1) is 12.5. The predicted molar refractivity (Wildman–Crippen MR) is 100 cm³/mol.